The molecule has 0 radical (unpaired) electrons. The van der Waals surface area contributed by atoms with Crippen LogP contribution in [0.1, 0.15) is 10.4 Å². The summed E-state index contributed by atoms with van der Waals surface area (Å²) in [6.07, 6.45) is 0. The molecule has 2 aromatic carbocycles. The van der Waals surface area contributed by atoms with Crippen molar-refractivity contribution in [3.8, 4) is 0 Å². The molecule has 1 aliphatic rings. The van der Waals surface area contributed by atoms with Crippen LogP contribution >= 0.6 is 22.9 Å². The van der Waals surface area contributed by atoms with Crippen LogP contribution < -0.4 is 10.2 Å². The number of carbonyl (C=O) groups excluding carboxylic acids is 2. The van der Waals surface area contributed by atoms with Crippen LogP contribution in [0.15, 0.2) is 65.7 Å². The highest BCUT2D eigenvalue weighted by molar-refractivity contribution is 7.11. The van der Waals surface area contributed by atoms with Crippen molar-refractivity contribution in [2.45, 2.75) is 6.92 Å². The standard InChI is InChI=1S/C21H14ClFN2O2S/c1-12-7-8-13(22)10-16(12)25-20(26)18(17-6-3-9-28-17)19(21(25)27)24-15-5-2-4-14(23)11-15/h2-11,24H,1H3. The second-order valence-corrected chi connectivity index (χ2v) is 7.62. The molecule has 4 rings (SSSR count). The lowest BCUT2D eigenvalue weighted by atomic mass is 10.1. The van der Waals surface area contributed by atoms with Gasteiger partial charge in [0.2, 0.25) is 0 Å². The molecule has 0 atom stereocenters. The molecule has 0 saturated carbocycles. The van der Waals surface area contributed by atoms with Crippen LogP contribution in [-0.2, 0) is 9.59 Å². The van der Waals surface area contributed by atoms with Gasteiger partial charge in [-0.05, 0) is 54.3 Å². The smallest absolute Gasteiger partial charge is 0.282 e. The molecule has 2 amide bonds. The molecule has 1 aliphatic heterocycles. The average molecular weight is 413 g/mol. The van der Waals surface area contributed by atoms with Crippen LogP contribution in [0.3, 0.4) is 0 Å². The number of hydrogen-bond acceptors (Lipinski definition) is 4. The van der Waals surface area contributed by atoms with Gasteiger partial charge in [0.05, 0.1) is 11.3 Å². The average Bonchev–Trinajstić information content (AvgIpc) is 3.25. The Hall–Kier alpha value is -2.96. The lowest BCUT2D eigenvalue weighted by molar-refractivity contribution is -0.120. The summed E-state index contributed by atoms with van der Waals surface area (Å²) in [5.74, 6) is -1.40. The van der Waals surface area contributed by atoms with Gasteiger partial charge in [-0.25, -0.2) is 9.29 Å². The third kappa shape index (κ3) is 3.21. The van der Waals surface area contributed by atoms with Gasteiger partial charge < -0.3 is 5.32 Å². The van der Waals surface area contributed by atoms with Gasteiger partial charge in [-0.1, -0.05) is 29.8 Å². The van der Waals surface area contributed by atoms with Gasteiger partial charge in [0.25, 0.3) is 11.8 Å². The molecule has 1 N–H and O–H groups in total. The minimum absolute atomic E-state index is 0.109. The van der Waals surface area contributed by atoms with E-state index in [4.69, 9.17) is 11.6 Å². The summed E-state index contributed by atoms with van der Waals surface area (Å²) in [6.45, 7) is 1.80. The number of amides is 2. The summed E-state index contributed by atoms with van der Waals surface area (Å²) in [5, 5.41) is 5.18. The molecule has 0 bridgehead atoms. The van der Waals surface area contributed by atoms with Crippen molar-refractivity contribution in [3.05, 3.63) is 87.0 Å². The minimum atomic E-state index is -0.511. The number of nitrogens with zero attached hydrogens (tertiary/aromatic N) is 1. The van der Waals surface area contributed by atoms with E-state index in [0.717, 1.165) is 10.5 Å². The Morgan fingerprint density at radius 1 is 1.04 bits per heavy atom. The number of hydrogen-bond donors (Lipinski definition) is 1. The molecule has 4 nitrogen and oxygen atoms in total. The van der Waals surface area contributed by atoms with E-state index in [2.05, 4.69) is 5.32 Å². The first-order valence-electron chi connectivity index (χ1n) is 8.41. The third-order valence-corrected chi connectivity index (χ3v) is 5.48. The first kappa shape index (κ1) is 18.4. The zero-order valence-electron chi connectivity index (χ0n) is 14.7. The van der Waals surface area contributed by atoms with Crippen LogP contribution in [0.4, 0.5) is 15.8 Å². The lowest BCUT2D eigenvalue weighted by Crippen LogP contribution is -2.33. The van der Waals surface area contributed by atoms with E-state index in [1.54, 1.807) is 43.3 Å². The Morgan fingerprint density at radius 3 is 2.57 bits per heavy atom. The SMILES string of the molecule is Cc1ccc(Cl)cc1N1C(=O)C(Nc2cccc(F)c2)=C(c2cccs2)C1=O. The fourth-order valence-corrected chi connectivity index (χ4v) is 3.98. The van der Waals surface area contributed by atoms with Gasteiger partial charge in [-0.3, -0.25) is 9.59 Å². The second kappa shape index (κ2) is 7.22. The summed E-state index contributed by atoms with van der Waals surface area (Å²) in [4.78, 5) is 28.2. The first-order chi connectivity index (χ1) is 13.5. The van der Waals surface area contributed by atoms with Crippen molar-refractivity contribution >= 4 is 51.7 Å². The van der Waals surface area contributed by atoms with E-state index in [0.29, 0.717) is 21.3 Å². The van der Waals surface area contributed by atoms with E-state index in [-0.39, 0.29) is 11.3 Å². The highest BCUT2D eigenvalue weighted by atomic mass is 35.5. The molecule has 7 heteroatoms. The van der Waals surface area contributed by atoms with Gasteiger partial charge in [0.15, 0.2) is 0 Å². The topological polar surface area (TPSA) is 49.4 Å². The minimum Gasteiger partial charge on any atom is -0.350 e. The highest BCUT2D eigenvalue weighted by Gasteiger charge is 2.41. The fraction of sp³-hybridized carbons (Fsp3) is 0.0476. The lowest BCUT2D eigenvalue weighted by Gasteiger charge is -2.18. The number of halogens is 2. The van der Waals surface area contributed by atoms with Crippen LogP contribution in [0, 0.1) is 12.7 Å². The predicted molar refractivity (Wildman–Crippen MR) is 110 cm³/mol. The third-order valence-electron chi connectivity index (χ3n) is 4.36. The van der Waals surface area contributed by atoms with Crippen molar-refractivity contribution in [1.29, 1.82) is 0 Å². The number of aryl methyl sites for hydroxylation is 1. The van der Waals surface area contributed by atoms with Gasteiger partial charge in [-0.15, -0.1) is 11.3 Å². The Bertz CT molecular complexity index is 1130. The van der Waals surface area contributed by atoms with Crippen molar-refractivity contribution < 1.29 is 14.0 Å². The molecule has 0 saturated heterocycles. The zero-order chi connectivity index (χ0) is 19.8. The zero-order valence-corrected chi connectivity index (χ0v) is 16.3. The molecule has 2 heterocycles. The van der Waals surface area contributed by atoms with E-state index in [9.17, 15) is 14.0 Å². The Morgan fingerprint density at radius 2 is 1.86 bits per heavy atom. The maximum absolute atomic E-state index is 13.6. The quantitative estimate of drug-likeness (QED) is 0.596. The van der Waals surface area contributed by atoms with E-state index >= 15 is 0 Å². The van der Waals surface area contributed by atoms with Crippen LogP contribution in [0.2, 0.25) is 5.02 Å². The molecule has 0 unspecified atom stereocenters. The van der Waals surface area contributed by atoms with E-state index in [1.165, 1.54) is 29.5 Å². The molecule has 3 aromatic rings. The fourth-order valence-electron chi connectivity index (χ4n) is 3.05. The number of rotatable bonds is 4. The molecule has 140 valence electrons. The monoisotopic (exact) mass is 412 g/mol. The van der Waals surface area contributed by atoms with Gasteiger partial charge >= 0.3 is 0 Å². The van der Waals surface area contributed by atoms with Gasteiger partial charge in [0.1, 0.15) is 11.5 Å². The molecule has 0 aliphatic carbocycles. The van der Waals surface area contributed by atoms with Crippen molar-refractivity contribution in [2.24, 2.45) is 0 Å². The Kier molecular flexibility index (Phi) is 4.75. The second-order valence-electron chi connectivity index (χ2n) is 6.24. The highest BCUT2D eigenvalue weighted by Crippen LogP contribution is 2.37. The normalized spacial score (nSPS) is 14.2. The Labute approximate surface area is 169 Å². The number of nitrogens with one attached hydrogen (secondary N) is 1. The molecular formula is C21H14ClFN2O2S. The summed E-state index contributed by atoms with van der Waals surface area (Å²) in [5.41, 5.74) is 1.91. The predicted octanol–water partition coefficient (Wildman–Crippen LogP) is 5.25. The van der Waals surface area contributed by atoms with Crippen molar-refractivity contribution in [1.82, 2.24) is 0 Å². The maximum Gasteiger partial charge on any atom is 0.282 e. The Balaban J connectivity index is 1.83. The van der Waals surface area contributed by atoms with Crippen LogP contribution in [0.25, 0.3) is 5.57 Å². The number of imide groups is 1. The summed E-state index contributed by atoms with van der Waals surface area (Å²) < 4.78 is 13.6. The van der Waals surface area contributed by atoms with E-state index < -0.39 is 17.6 Å². The summed E-state index contributed by atoms with van der Waals surface area (Å²) >= 11 is 7.44. The largest absolute Gasteiger partial charge is 0.350 e. The molecule has 0 spiro atoms. The molecule has 0 fully saturated rings. The number of carbonyl (C=O) groups is 2. The molecule has 28 heavy (non-hydrogen) atoms. The molecule has 1 aromatic heterocycles. The van der Waals surface area contributed by atoms with E-state index in [1.807, 2.05) is 5.38 Å². The van der Waals surface area contributed by atoms with Crippen LogP contribution in [0.5, 0.6) is 0 Å². The number of benzene rings is 2. The van der Waals surface area contributed by atoms with Crippen molar-refractivity contribution in [2.75, 3.05) is 10.2 Å². The van der Waals surface area contributed by atoms with Gasteiger partial charge in [-0.2, -0.15) is 0 Å². The van der Waals surface area contributed by atoms with Gasteiger partial charge in [0, 0.05) is 15.6 Å². The maximum atomic E-state index is 13.6. The molecular weight excluding hydrogens is 399 g/mol. The van der Waals surface area contributed by atoms with Crippen molar-refractivity contribution in [3.63, 3.8) is 0 Å². The number of thiophene rings is 1. The number of anilines is 2. The van der Waals surface area contributed by atoms with Crippen LogP contribution in [-0.4, -0.2) is 11.8 Å². The summed E-state index contributed by atoms with van der Waals surface area (Å²) in [7, 11) is 0. The first-order valence-corrected chi connectivity index (χ1v) is 9.67. The summed E-state index contributed by atoms with van der Waals surface area (Å²) in [6, 6.07) is 14.4.